The van der Waals surface area contributed by atoms with Gasteiger partial charge < -0.3 is 15.0 Å². The van der Waals surface area contributed by atoms with Crippen LogP contribution >= 0.6 is 0 Å². The van der Waals surface area contributed by atoms with E-state index in [0.29, 0.717) is 0 Å². The maximum absolute atomic E-state index is 10.5. The Morgan fingerprint density at radius 1 is 2.00 bits per heavy atom. The minimum atomic E-state index is -1.08. The molecule has 0 fully saturated rings. The quantitative estimate of drug-likeness (QED) is 0.376. The first-order chi connectivity index (χ1) is 3.41. The Bertz CT molecular complexity index is 38.5. The molecule has 0 spiro atoms. The normalized spacial score (nSPS) is 5.71. The van der Waals surface area contributed by atoms with E-state index in [-0.39, 0.29) is 37.7 Å². The van der Waals surface area contributed by atoms with Gasteiger partial charge in [0.25, 0.3) is 0 Å². The van der Waals surface area contributed by atoms with Crippen LogP contribution in [0.3, 0.4) is 0 Å². The summed E-state index contributed by atoms with van der Waals surface area (Å²) in [5.74, 6) is 0. The first-order valence-corrected chi connectivity index (χ1v) is 0.964. The van der Waals surface area contributed by atoms with Crippen LogP contribution in [0.2, 0.25) is 0 Å². The summed E-state index contributed by atoms with van der Waals surface area (Å²) in [5.41, 5.74) is 7.50. The van der Waals surface area contributed by atoms with E-state index >= 15 is 0 Å². The van der Waals surface area contributed by atoms with Crippen LogP contribution in [0, 0.1) is 0 Å². The fraction of sp³-hybridized carbons (Fsp3) is 0.500. The molecule has 0 atom stereocenters. The van der Waals surface area contributed by atoms with Crippen molar-refractivity contribution in [1.29, 1.82) is 0 Å². The third-order valence-corrected chi connectivity index (χ3v) is 0.113. The number of hydrogen-bond donors (Lipinski definition) is 0. The average Bonchev–Trinajstić information content (AvgIpc) is 1.75. The van der Waals surface area contributed by atoms with E-state index in [1.165, 1.54) is 0 Å². The standard InChI is InChI=1S/C2H2FO2.Ca.H2O/c3-1-5-2-4;;/h1H2;;1H2/q-1;+2;/p-1/i/hD. The van der Waals surface area contributed by atoms with Gasteiger partial charge in [0.15, 0.2) is 6.86 Å². The number of alkyl halides is 1. The van der Waals surface area contributed by atoms with Gasteiger partial charge in [0.2, 0.25) is 0 Å². The number of halogens is 1. The molecule has 0 heterocycles. The van der Waals surface area contributed by atoms with E-state index in [1.807, 2.05) is 0 Å². The Kier molecular flexibility index (Phi) is 24.1. The second kappa shape index (κ2) is 16.0. The van der Waals surface area contributed by atoms with Crippen molar-refractivity contribution in [3.8, 4) is 0 Å². The van der Waals surface area contributed by atoms with Gasteiger partial charge in [-0.2, -0.15) is 0 Å². The van der Waals surface area contributed by atoms with Gasteiger partial charge in [0.05, 0.1) is 0 Å². The average molecular weight is 135 g/mol. The molecule has 0 saturated heterocycles. The Labute approximate surface area is 71.6 Å². The maximum atomic E-state index is 10.5. The number of hydrogen-bond acceptors (Lipinski definition) is 3. The fourth-order valence-corrected chi connectivity index (χ4v) is 0.0223. The van der Waals surface area contributed by atoms with Crippen molar-refractivity contribution < 1.29 is 20.8 Å². The zero-order valence-corrected chi connectivity index (χ0v) is 5.73. The topological polar surface area (TPSA) is 56.3 Å². The second-order valence-corrected chi connectivity index (χ2v) is 0.337. The summed E-state index contributed by atoms with van der Waals surface area (Å²) in [6.07, 6.45) is 0. The molecule has 1 N–H and O–H groups in total. The first-order valence-electron chi connectivity index (χ1n) is 1.37. The van der Waals surface area contributed by atoms with Crippen LogP contribution in [-0.4, -0.2) is 56.5 Å². The Balaban J connectivity index is -0.0000000750. The molecule has 0 aromatic rings. The van der Waals surface area contributed by atoms with Crippen molar-refractivity contribution in [3.05, 3.63) is 0 Å². The molecule has 0 aliphatic rings. The van der Waals surface area contributed by atoms with Gasteiger partial charge in [0.1, 0.15) is 0 Å². The van der Waals surface area contributed by atoms with E-state index in [1.54, 1.807) is 0 Å². The summed E-state index contributed by atoms with van der Waals surface area (Å²) in [7, 11) is 0. The molecular weight excluding hydrogens is 131 g/mol. The summed E-state index contributed by atoms with van der Waals surface area (Å²) in [6, 6.07) is 0. The van der Waals surface area contributed by atoms with Crippen molar-refractivity contribution >= 4 is 44.2 Å². The van der Waals surface area contributed by atoms with E-state index in [0.717, 1.165) is 6.47 Å². The zero-order valence-electron chi connectivity index (χ0n) is 4.52. The summed E-state index contributed by atoms with van der Waals surface area (Å²) in [6.45, 7) is -0.188. The molecule has 0 saturated carbocycles. The van der Waals surface area contributed by atoms with Gasteiger partial charge in [-0.05, 0) is 0 Å². The predicted molar refractivity (Wildman–Crippen MR) is 20.4 cm³/mol. The van der Waals surface area contributed by atoms with Crippen LogP contribution in [0.5, 0.6) is 0 Å². The predicted octanol–water partition coefficient (Wildman–Crippen LogP) is -0.560. The molecule has 0 aliphatic heterocycles. The molecule has 5 heteroatoms. The number of carbonyl (C=O) groups excluding carboxylic acids is 1. The van der Waals surface area contributed by atoms with E-state index < -0.39 is 6.86 Å². The van der Waals surface area contributed by atoms with Crippen LogP contribution in [0.4, 0.5) is 4.39 Å². The summed E-state index contributed by atoms with van der Waals surface area (Å²) in [5, 5.41) is 0. The van der Waals surface area contributed by atoms with Gasteiger partial charge in [-0.1, -0.05) is 6.47 Å². The van der Waals surface area contributed by atoms with Crippen molar-refractivity contribution in [2.24, 2.45) is 0 Å². The van der Waals surface area contributed by atoms with Crippen LogP contribution in [-0.2, 0) is 9.53 Å². The minimum absolute atomic E-state index is 0. The Morgan fingerprint density at radius 2 is 2.43 bits per heavy atom. The molecule has 0 bridgehead atoms. The van der Waals surface area contributed by atoms with E-state index in [9.17, 15) is 4.39 Å². The summed E-state index contributed by atoms with van der Waals surface area (Å²) < 4.78 is 18.4. The van der Waals surface area contributed by atoms with Crippen molar-refractivity contribution in [1.82, 2.24) is 0 Å². The van der Waals surface area contributed by atoms with Crippen LogP contribution in [0.15, 0.2) is 0 Å². The van der Waals surface area contributed by atoms with Crippen molar-refractivity contribution in [3.63, 3.8) is 0 Å². The van der Waals surface area contributed by atoms with Gasteiger partial charge in [-0.15, -0.1) is 1.43 Å². The monoisotopic (exact) mass is 135 g/mol. The maximum Gasteiger partial charge on any atom is 2.00 e. The molecule has 0 aromatic carbocycles. The summed E-state index contributed by atoms with van der Waals surface area (Å²) >= 11 is 0. The van der Waals surface area contributed by atoms with Gasteiger partial charge >= 0.3 is 37.7 Å². The molecule has 0 unspecified atom stereocenters. The van der Waals surface area contributed by atoms with Gasteiger partial charge in [-0.3, -0.25) is 0 Å². The molecule has 0 amide bonds. The number of rotatable bonds is 2. The van der Waals surface area contributed by atoms with E-state index in [4.69, 9.17) is 10.3 Å². The zero-order chi connectivity index (χ0) is 6.12. The first kappa shape index (κ1) is 10.6. The molecule has 0 radical (unpaired) electrons. The third kappa shape index (κ3) is 20.6. The Morgan fingerprint density at radius 3 is 2.43 bits per heavy atom. The fourth-order valence-electron chi connectivity index (χ4n) is 0.0223. The van der Waals surface area contributed by atoms with Gasteiger partial charge in [0, 0.05) is 0 Å². The molecule has 0 aliphatic carbocycles. The molecule has 38 valence electrons. The van der Waals surface area contributed by atoms with Gasteiger partial charge in [-0.25, -0.2) is 4.39 Å². The third-order valence-electron chi connectivity index (χ3n) is 0.113. The molecular formula is C2H3CaFO3. The molecule has 3 nitrogen and oxygen atoms in total. The van der Waals surface area contributed by atoms with Crippen LogP contribution < -0.4 is 0 Å². The summed E-state index contributed by atoms with van der Waals surface area (Å²) in [4.78, 5) is 8.82. The van der Waals surface area contributed by atoms with Crippen LogP contribution in [0.25, 0.3) is 0 Å². The largest absolute Gasteiger partial charge is 2.00 e. The van der Waals surface area contributed by atoms with Crippen molar-refractivity contribution in [2.45, 2.75) is 0 Å². The van der Waals surface area contributed by atoms with E-state index in [2.05, 4.69) is 6.17 Å². The molecule has 7 heavy (non-hydrogen) atoms. The Hall–Kier alpha value is 0.620. The SMILES string of the molecule is O=[C-]OCF.[2H][O-].[Ca+2]. The second-order valence-electron chi connectivity index (χ2n) is 0.337. The molecule has 0 rings (SSSR count). The molecule has 0 aromatic heterocycles. The van der Waals surface area contributed by atoms with Crippen molar-refractivity contribution in [2.75, 3.05) is 6.86 Å². The smallest absolute Gasteiger partial charge is 0.870 e. The minimum Gasteiger partial charge on any atom is -0.870 e. The van der Waals surface area contributed by atoms with Crippen LogP contribution in [0.1, 0.15) is 1.43 Å². The number of ether oxygens (including phenoxy) is 1.